The van der Waals surface area contributed by atoms with Crippen LogP contribution in [-0.2, 0) is 14.4 Å². The Labute approximate surface area is 170 Å². The highest BCUT2D eigenvalue weighted by atomic mass is 16.8. The van der Waals surface area contributed by atoms with Gasteiger partial charge in [-0.3, -0.25) is 4.79 Å². The molecular formula is C22H25N3O4. The molecule has 1 unspecified atom stereocenters. The van der Waals surface area contributed by atoms with Gasteiger partial charge < -0.3 is 14.0 Å². The second kappa shape index (κ2) is 9.41. The molecule has 1 atom stereocenters. The first kappa shape index (κ1) is 20.6. The maximum atomic E-state index is 12.4. The third-order valence-electron chi connectivity index (χ3n) is 4.89. The predicted molar refractivity (Wildman–Crippen MR) is 108 cm³/mol. The van der Waals surface area contributed by atoms with Gasteiger partial charge in [0.05, 0.1) is 7.11 Å². The van der Waals surface area contributed by atoms with Crippen molar-refractivity contribution in [1.29, 1.82) is 5.26 Å². The number of carbonyl (C=O) groups is 1. The Bertz CT molecular complexity index is 932. The molecule has 0 saturated carbocycles. The molecule has 7 heteroatoms. The Kier molecular flexibility index (Phi) is 6.70. The van der Waals surface area contributed by atoms with Crippen LogP contribution in [0.15, 0.2) is 35.9 Å². The third kappa shape index (κ3) is 4.86. The number of benzene rings is 1. The fraction of sp³-hybridized carbons (Fsp3) is 0.364. The quantitative estimate of drug-likeness (QED) is 0.459. The van der Waals surface area contributed by atoms with Crippen LogP contribution in [0.5, 0.6) is 5.75 Å². The van der Waals surface area contributed by atoms with Crippen molar-refractivity contribution in [3.05, 3.63) is 52.9 Å². The predicted octanol–water partition coefficient (Wildman–Crippen LogP) is 3.58. The van der Waals surface area contributed by atoms with E-state index < -0.39 is 12.2 Å². The lowest BCUT2D eigenvalue weighted by Crippen LogP contribution is -2.33. The molecule has 29 heavy (non-hydrogen) atoms. The smallest absolute Gasteiger partial charge is 0.285 e. The molecule has 2 heterocycles. The minimum Gasteiger partial charge on any atom is -0.497 e. The zero-order valence-electron chi connectivity index (χ0n) is 16.9. The van der Waals surface area contributed by atoms with Gasteiger partial charge >= 0.3 is 0 Å². The lowest BCUT2D eigenvalue weighted by molar-refractivity contribution is -0.198. The molecule has 1 amide bonds. The molecule has 0 radical (unpaired) electrons. The normalized spacial score (nSPS) is 16.9. The fourth-order valence-corrected chi connectivity index (χ4v) is 3.34. The van der Waals surface area contributed by atoms with Gasteiger partial charge in [0.15, 0.2) is 6.29 Å². The lowest BCUT2D eigenvalue weighted by atomic mass is 10.1. The number of aryl methyl sites for hydroxylation is 1. The van der Waals surface area contributed by atoms with E-state index in [4.69, 9.17) is 14.3 Å². The largest absolute Gasteiger partial charge is 0.497 e. The van der Waals surface area contributed by atoms with Crippen LogP contribution in [0.25, 0.3) is 11.8 Å². The molecule has 1 aromatic heterocycles. The molecule has 1 saturated heterocycles. The van der Waals surface area contributed by atoms with Gasteiger partial charge in [0.2, 0.25) is 0 Å². The molecule has 2 aromatic rings. The number of hydroxylamine groups is 1. The van der Waals surface area contributed by atoms with E-state index in [2.05, 4.69) is 10.0 Å². The number of methoxy groups -OCH3 is 1. The summed E-state index contributed by atoms with van der Waals surface area (Å²) in [5, 5.41) is 9.45. The molecule has 0 bridgehead atoms. The minimum atomic E-state index is -0.587. The summed E-state index contributed by atoms with van der Waals surface area (Å²) in [6.07, 6.45) is 3.80. The number of nitrogens with one attached hydrogen (secondary N) is 1. The highest BCUT2D eigenvalue weighted by Crippen LogP contribution is 2.24. The van der Waals surface area contributed by atoms with E-state index in [0.29, 0.717) is 6.61 Å². The Balaban J connectivity index is 1.78. The van der Waals surface area contributed by atoms with Crippen molar-refractivity contribution in [3.8, 4) is 17.5 Å². The first-order valence-corrected chi connectivity index (χ1v) is 9.56. The summed E-state index contributed by atoms with van der Waals surface area (Å²) in [5.74, 6) is 0.192. The number of nitrogens with zero attached hydrogens (tertiary/aromatic N) is 2. The van der Waals surface area contributed by atoms with Gasteiger partial charge in [-0.1, -0.05) is 0 Å². The summed E-state index contributed by atoms with van der Waals surface area (Å²) >= 11 is 0. The molecule has 152 valence electrons. The molecule has 1 N–H and O–H groups in total. The van der Waals surface area contributed by atoms with Crippen LogP contribution in [0.2, 0.25) is 0 Å². The summed E-state index contributed by atoms with van der Waals surface area (Å²) in [4.78, 5) is 17.6. The van der Waals surface area contributed by atoms with E-state index >= 15 is 0 Å². The number of hydrogen-bond donors (Lipinski definition) is 1. The molecule has 1 aliphatic rings. The number of rotatable bonds is 6. The van der Waals surface area contributed by atoms with Crippen LogP contribution < -0.4 is 10.2 Å². The number of ether oxygens (including phenoxy) is 2. The average molecular weight is 395 g/mol. The molecule has 1 fully saturated rings. The summed E-state index contributed by atoms with van der Waals surface area (Å²) in [6.45, 7) is 4.53. The molecule has 1 aromatic carbocycles. The molecule has 7 nitrogen and oxygen atoms in total. The zero-order chi connectivity index (χ0) is 20.8. The number of carbonyl (C=O) groups excluding carboxylic acids is 1. The molecule has 1 aliphatic heterocycles. The van der Waals surface area contributed by atoms with Crippen molar-refractivity contribution in [2.75, 3.05) is 13.7 Å². The number of amides is 1. The van der Waals surface area contributed by atoms with Crippen molar-refractivity contribution >= 4 is 12.0 Å². The topological polar surface area (TPSA) is 85.5 Å². The standard InChI is InChI=1S/C22H25N3O4/c1-15-12-17(16(2)25(15)19-7-9-20(27-3)10-8-19)13-18(14-23)22(26)24-29-21-6-4-5-11-28-21/h7-10,12-13,21H,4-6,11H2,1-3H3,(H,24,26)/b18-13-. The third-order valence-corrected chi connectivity index (χ3v) is 4.89. The Hall–Kier alpha value is -3.08. The van der Waals surface area contributed by atoms with Crippen LogP contribution in [-0.4, -0.2) is 30.5 Å². The fourth-order valence-electron chi connectivity index (χ4n) is 3.34. The summed E-state index contributed by atoms with van der Waals surface area (Å²) in [5.41, 5.74) is 5.98. The van der Waals surface area contributed by atoms with E-state index in [0.717, 1.165) is 47.7 Å². The lowest BCUT2D eigenvalue weighted by Gasteiger charge is -2.21. The molecule has 3 rings (SSSR count). The average Bonchev–Trinajstić information content (AvgIpc) is 3.03. The van der Waals surface area contributed by atoms with Crippen molar-refractivity contribution in [3.63, 3.8) is 0 Å². The highest BCUT2D eigenvalue weighted by molar-refractivity contribution is 6.01. The molecular weight excluding hydrogens is 370 g/mol. The van der Waals surface area contributed by atoms with Crippen molar-refractivity contribution in [2.45, 2.75) is 39.4 Å². The van der Waals surface area contributed by atoms with Gasteiger partial charge in [0, 0.05) is 30.1 Å². The first-order valence-electron chi connectivity index (χ1n) is 9.56. The first-order chi connectivity index (χ1) is 14.0. The van der Waals surface area contributed by atoms with E-state index in [-0.39, 0.29) is 5.57 Å². The van der Waals surface area contributed by atoms with Gasteiger partial charge in [-0.15, -0.1) is 0 Å². The Morgan fingerprint density at radius 2 is 2.07 bits per heavy atom. The second-order valence-electron chi connectivity index (χ2n) is 6.87. The van der Waals surface area contributed by atoms with Crippen molar-refractivity contribution in [1.82, 2.24) is 10.0 Å². The van der Waals surface area contributed by atoms with Gasteiger partial charge in [-0.2, -0.15) is 5.26 Å². The van der Waals surface area contributed by atoms with Crippen molar-refractivity contribution < 1.29 is 19.1 Å². The maximum absolute atomic E-state index is 12.4. The van der Waals surface area contributed by atoms with E-state index in [1.165, 1.54) is 0 Å². The monoisotopic (exact) mass is 395 g/mol. The second-order valence-corrected chi connectivity index (χ2v) is 6.87. The van der Waals surface area contributed by atoms with Gasteiger partial charge in [-0.05, 0) is 68.7 Å². The number of aromatic nitrogens is 1. The van der Waals surface area contributed by atoms with Crippen molar-refractivity contribution in [2.24, 2.45) is 0 Å². The summed E-state index contributed by atoms with van der Waals surface area (Å²) in [7, 11) is 1.63. The van der Waals surface area contributed by atoms with E-state index in [1.807, 2.05) is 50.2 Å². The minimum absolute atomic E-state index is 0.0317. The van der Waals surface area contributed by atoms with Gasteiger partial charge in [0.1, 0.15) is 17.4 Å². The van der Waals surface area contributed by atoms with E-state index in [9.17, 15) is 10.1 Å². The Morgan fingerprint density at radius 1 is 1.31 bits per heavy atom. The van der Waals surface area contributed by atoms with Crippen LogP contribution in [0.1, 0.15) is 36.2 Å². The van der Waals surface area contributed by atoms with Crippen LogP contribution >= 0.6 is 0 Å². The van der Waals surface area contributed by atoms with Crippen LogP contribution in [0.3, 0.4) is 0 Å². The number of hydrogen-bond acceptors (Lipinski definition) is 5. The number of nitriles is 1. The SMILES string of the molecule is COc1ccc(-n2c(C)cc(/C=C(/C#N)C(=O)NOC3CCCCO3)c2C)cc1. The molecule has 0 spiro atoms. The van der Waals surface area contributed by atoms with Crippen LogP contribution in [0.4, 0.5) is 0 Å². The van der Waals surface area contributed by atoms with Gasteiger partial charge in [-0.25, -0.2) is 10.3 Å². The zero-order valence-corrected chi connectivity index (χ0v) is 16.9. The summed E-state index contributed by atoms with van der Waals surface area (Å²) < 4.78 is 12.7. The van der Waals surface area contributed by atoms with Gasteiger partial charge in [0.25, 0.3) is 5.91 Å². The van der Waals surface area contributed by atoms with E-state index in [1.54, 1.807) is 13.2 Å². The summed E-state index contributed by atoms with van der Waals surface area (Å²) in [6, 6.07) is 11.6. The maximum Gasteiger partial charge on any atom is 0.285 e. The molecule has 0 aliphatic carbocycles. The highest BCUT2D eigenvalue weighted by Gasteiger charge is 2.18. The van der Waals surface area contributed by atoms with Crippen LogP contribution in [0, 0.1) is 25.2 Å². The Morgan fingerprint density at radius 3 is 2.69 bits per heavy atom.